The molecule has 0 saturated heterocycles. The number of phenolic OH excluding ortho intramolecular Hbond substituents is 1. The van der Waals surface area contributed by atoms with Crippen LogP contribution in [-0.4, -0.2) is 24.1 Å². The van der Waals surface area contributed by atoms with Gasteiger partial charge in [0.05, 0.1) is 0 Å². The molecule has 2 aromatic rings. The molecule has 0 bridgehead atoms. The lowest BCUT2D eigenvalue weighted by molar-refractivity contribution is 0.0986. The van der Waals surface area contributed by atoms with Crippen molar-refractivity contribution in [3.8, 4) is 5.75 Å². The number of carbonyl (C=O) groups excluding carboxylic acids is 1. The molecule has 1 amide bonds. The first-order valence-corrected chi connectivity index (χ1v) is 7.00. The van der Waals surface area contributed by atoms with Crippen molar-refractivity contribution in [1.29, 1.82) is 0 Å². The lowest BCUT2D eigenvalue weighted by atomic mass is 10.1. The van der Waals surface area contributed by atoms with Gasteiger partial charge in [0.25, 0.3) is 5.91 Å². The van der Waals surface area contributed by atoms with Crippen LogP contribution in [0.2, 0.25) is 0 Å². The number of para-hydroxylation sites is 1. The molecule has 0 saturated carbocycles. The predicted molar refractivity (Wildman–Crippen MR) is 84.6 cm³/mol. The molecule has 4 nitrogen and oxygen atoms in total. The molecule has 0 spiro atoms. The highest BCUT2D eigenvalue weighted by molar-refractivity contribution is 6.06. The van der Waals surface area contributed by atoms with E-state index in [1.165, 1.54) is 6.07 Å². The number of phenols is 1. The molecule has 0 aromatic heterocycles. The molecule has 2 rings (SSSR count). The maximum absolute atomic E-state index is 12.7. The van der Waals surface area contributed by atoms with Crippen molar-refractivity contribution in [3.05, 3.63) is 59.7 Å². The Balaban J connectivity index is 2.36. The third-order valence-electron chi connectivity index (χ3n) is 3.33. The monoisotopic (exact) mass is 284 g/mol. The number of aromatic hydroxyl groups is 1. The minimum Gasteiger partial charge on any atom is -0.508 e. The number of nitrogens with zero attached hydrogens (tertiary/aromatic N) is 1. The van der Waals surface area contributed by atoms with Crippen molar-refractivity contribution in [1.82, 2.24) is 0 Å². The van der Waals surface area contributed by atoms with Crippen molar-refractivity contribution in [2.24, 2.45) is 5.73 Å². The van der Waals surface area contributed by atoms with Gasteiger partial charge in [-0.25, -0.2) is 0 Å². The second-order valence-electron chi connectivity index (χ2n) is 4.94. The van der Waals surface area contributed by atoms with Crippen LogP contribution in [0, 0.1) is 6.92 Å². The van der Waals surface area contributed by atoms with Crippen molar-refractivity contribution in [2.75, 3.05) is 18.0 Å². The van der Waals surface area contributed by atoms with Crippen LogP contribution >= 0.6 is 0 Å². The summed E-state index contributed by atoms with van der Waals surface area (Å²) in [6.07, 6.45) is 0.721. The molecule has 2 aromatic carbocycles. The van der Waals surface area contributed by atoms with Crippen molar-refractivity contribution >= 4 is 11.6 Å². The van der Waals surface area contributed by atoms with Crippen LogP contribution in [0.3, 0.4) is 0 Å². The lowest BCUT2D eigenvalue weighted by Crippen LogP contribution is -2.33. The smallest absolute Gasteiger partial charge is 0.258 e. The van der Waals surface area contributed by atoms with E-state index in [-0.39, 0.29) is 11.7 Å². The van der Waals surface area contributed by atoms with Gasteiger partial charge in [-0.1, -0.05) is 24.3 Å². The average Bonchev–Trinajstić information content (AvgIpc) is 2.49. The number of nitrogens with two attached hydrogens (primary N) is 1. The highest BCUT2D eigenvalue weighted by atomic mass is 16.3. The fourth-order valence-corrected chi connectivity index (χ4v) is 2.24. The van der Waals surface area contributed by atoms with Crippen LogP contribution in [0.15, 0.2) is 48.5 Å². The van der Waals surface area contributed by atoms with E-state index in [0.717, 1.165) is 17.7 Å². The SMILES string of the molecule is Cc1ccccc1N(CCCN)C(=O)c1cccc(O)c1. The van der Waals surface area contributed by atoms with Gasteiger partial charge in [0.2, 0.25) is 0 Å². The molecule has 110 valence electrons. The van der Waals surface area contributed by atoms with Crippen molar-refractivity contribution in [2.45, 2.75) is 13.3 Å². The zero-order chi connectivity index (χ0) is 15.2. The van der Waals surface area contributed by atoms with Crippen LogP contribution in [0.5, 0.6) is 5.75 Å². The molecule has 0 heterocycles. The average molecular weight is 284 g/mol. The molecule has 0 aliphatic rings. The second-order valence-corrected chi connectivity index (χ2v) is 4.94. The predicted octanol–water partition coefficient (Wildman–Crippen LogP) is 2.70. The molecule has 0 fully saturated rings. The minimum atomic E-state index is -0.131. The van der Waals surface area contributed by atoms with E-state index >= 15 is 0 Å². The Morgan fingerprint density at radius 1 is 1.19 bits per heavy atom. The number of aryl methyl sites for hydroxylation is 1. The summed E-state index contributed by atoms with van der Waals surface area (Å²) in [5, 5.41) is 9.55. The Morgan fingerprint density at radius 3 is 2.62 bits per heavy atom. The van der Waals surface area contributed by atoms with Gasteiger partial charge in [-0.05, 0) is 49.7 Å². The maximum Gasteiger partial charge on any atom is 0.258 e. The number of hydrogen-bond donors (Lipinski definition) is 2. The summed E-state index contributed by atoms with van der Waals surface area (Å²) in [6, 6.07) is 14.2. The number of rotatable bonds is 5. The van der Waals surface area contributed by atoms with Gasteiger partial charge in [-0.3, -0.25) is 4.79 Å². The topological polar surface area (TPSA) is 66.6 Å². The number of hydrogen-bond acceptors (Lipinski definition) is 3. The summed E-state index contributed by atoms with van der Waals surface area (Å²) in [7, 11) is 0. The highest BCUT2D eigenvalue weighted by Crippen LogP contribution is 2.23. The van der Waals surface area contributed by atoms with Crippen molar-refractivity contribution < 1.29 is 9.90 Å². The second kappa shape index (κ2) is 6.90. The lowest BCUT2D eigenvalue weighted by Gasteiger charge is -2.24. The Hall–Kier alpha value is -2.33. The van der Waals surface area contributed by atoms with Crippen LogP contribution in [-0.2, 0) is 0 Å². The number of anilines is 1. The third kappa shape index (κ3) is 3.61. The first-order valence-electron chi connectivity index (χ1n) is 7.00. The van der Waals surface area contributed by atoms with Gasteiger partial charge in [-0.15, -0.1) is 0 Å². The quantitative estimate of drug-likeness (QED) is 0.887. The minimum absolute atomic E-state index is 0.0874. The van der Waals surface area contributed by atoms with E-state index in [4.69, 9.17) is 5.73 Å². The van der Waals surface area contributed by atoms with E-state index < -0.39 is 0 Å². The molecule has 4 heteroatoms. The van der Waals surface area contributed by atoms with Gasteiger partial charge >= 0.3 is 0 Å². The van der Waals surface area contributed by atoms with Crippen LogP contribution in [0.25, 0.3) is 0 Å². The molecule has 0 aliphatic carbocycles. The Kier molecular flexibility index (Phi) is 4.95. The van der Waals surface area contributed by atoms with Crippen molar-refractivity contribution in [3.63, 3.8) is 0 Å². The first kappa shape index (κ1) is 15.1. The molecule has 0 unspecified atom stereocenters. The van der Waals surface area contributed by atoms with E-state index in [9.17, 15) is 9.90 Å². The maximum atomic E-state index is 12.7. The molecule has 0 radical (unpaired) electrons. The Labute approximate surface area is 124 Å². The summed E-state index contributed by atoms with van der Waals surface area (Å²) in [6.45, 7) is 3.05. The number of benzene rings is 2. The largest absolute Gasteiger partial charge is 0.508 e. The van der Waals surface area contributed by atoms with E-state index in [2.05, 4.69) is 0 Å². The summed E-state index contributed by atoms with van der Waals surface area (Å²) in [5.41, 5.74) is 7.95. The summed E-state index contributed by atoms with van der Waals surface area (Å²) < 4.78 is 0. The Morgan fingerprint density at radius 2 is 1.95 bits per heavy atom. The van der Waals surface area contributed by atoms with Gasteiger partial charge in [0.1, 0.15) is 5.75 Å². The zero-order valence-electron chi connectivity index (χ0n) is 12.1. The summed E-state index contributed by atoms with van der Waals surface area (Å²) >= 11 is 0. The van der Waals surface area contributed by atoms with Crippen LogP contribution in [0.1, 0.15) is 22.3 Å². The molecule has 3 N–H and O–H groups in total. The third-order valence-corrected chi connectivity index (χ3v) is 3.33. The normalized spacial score (nSPS) is 10.4. The van der Waals surface area contributed by atoms with Crippen LogP contribution < -0.4 is 10.6 Å². The molecule has 0 aliphatic heterocycles. The molecular formula is C17H20N2O2. The standard InChI is InChI=1S/C17H20N2O2/c1-13-6-2-3-9-16(13)19(11-5-10-18)17(21)14-7-4-8-15(20)12-14/h2-4,6-9,12,20H,5,10-11,18H2,1H3. The van der Waals surface area contributed by atoms with Gasteiger partial charge in [0, 0.05) is 17.8 Å². The van der Waals surface area contributed by atoms with Crippen LogP contribution in [0.4, 0.5) is 5.69 Å². The zero-order valence-corrected chi connectivity index (χ0v) is 12.1. The molecule has 0 atom stereocenters. The van der Waals surface area contributed by atoms with E-state index in [1.807, 2.05) is 31.2 Å². The molecule has 21 heavy (non-hydrogen) atoms. The van der Waals surface area contributed by atoms with Gasteiger partial charge in [0.15, 0.2) is 0 Å². The summed E-state index contributed by atoms with van der Waals surface area (Å²) in [4.78, 5) is 14.4. The van der Waals surface area contributed by atoms with E-state index in [0.29, 0.717) is 18.7 Å². The molecular weight excluding hydrogens is 264 g/mol. The first-order chi connectivity index (χ1) is 10.1. The number of carbonyl (C=O) groups is 1. The van der Waals surface area contributed by atoms with E-state index in [1.54, 1.807) is 23.1 Å². The number of amides is 1. The fraction of sp³-hybridized carbons (Fsp3) is 0.235. The fourth-order valence-electron chi connectivity index (χ4n) is 2.24. The summed E-state index contributed by atoms with van der Waals surface area (Å²) in [5.74, 6) is -0.0435. The van der Waals surface area contributed by atoms with Gasteiger partial charge in [-0.2, -0.15) is 0 Å². The highest BCUT2D eigenvalue weighted by Gasteiger charge is 2.18. The Bertz CT molecular complexity index is 626. The van der Waals surface area contributed by atoms with Gasteiger partial charge < -0.3 is 15.7 Å².